The van der Waals surface area contributed by atoms with Gasteiger partial charge in [-0.2, -0.15) is 13.2 Å². The van der Waals surface area contributed by atoms with E-state index in [2.05, 4.69) is 0 Å². The first-order chi connectivity index (χ1) is 16.6. The lowest BCUT2D eigenvalue weighted by atomic mass is 9.97. The summed E-state index contributed by atoms with van der Waals surface area (Å²) in [7, 11) is 0. The number of rotatable bonds is 7. The van der Waals surface area contributed by atoms with Crippen LogP contribution in [0.5, 0.6) is 5.75 Å². The second-order valence-electron chi connectivity index (χ2n) is 8.12. The van der Waals surface area contributed by atoms with Gasteiger partial charge >= 0.3 is 12.1 Å². The highest BCUT2D eigenvalue weighted by Gasteiger charge is 2.35. The highest BCUT2D eigenvalue weighted by Crippen LogP contribution is 2.41. The van der Waals surface area contributed by atoms with E-state index in [0.29, 0.717) is 23.1 Å². The smallest absolute Gasteiger partial charge is 0.420 e. The van der Waals surface area contributed by atoms with E-state index in [9.17, 15) is 18.0 Å². The summed E-state index contributed by atoms with van der Waals surface area (Å²) in [5, 5.41) is 8.93. The fourth-order valence-electron chi connectivity index (χ4n) is 3.91. The average molecular weight is 487 g/mol. The van der Waals surface area contributed by atoms with E-state index >= 15 is 4.39 Å². The van der Waals surface area contributed by atoms with Gasteiger partial charge in [-0.05, 0) is 36.2 Å². The van der Waals surface area contributed by atoms with Crippen molar-refractivity contribution in [1.82, 2.24) is 0 Å². The lowest BCUT2D eigenvalue weighted by molar-refractivity contribution is -0.137. The Labute approximate surface area is 197 Å². The number of hydrogen-bond donors (Lipinski definition) is 2. The molecule has 0 atom stereocenters. The molecule has 182 valence electrons. The van der Waals surface area contributed by atoms with Crippen LogP contribution in [0.15, 0.2) is 59.2 Å². The normalized spacial score (nSPS) is 11.7. The maximum Gasteiger partial charge on any atom is 0.420 e. The summed E-state index contributed by atoms with van der Waals surface area (Å²) in [5.74, 6) is -1.40. The molecule has 5 nitrogen and oxygen atoms in total. The van der Waals surface area contributed by atoms with Crippen molar-refractivity contribution in [2.24, 2.45) is 5.73 Å². The Morgan fingerprint density at radius 1 is 1.09 bits per heavy atom. The van der Waals surface area contributed by atoms with Crippen LogP contribution in [0.4, 0.5) is 17.6 Å². The highest BCUT2D eigenvalue weighted by atomic mass is 19.4. The number of carbonyl (C=O) groups is 1. The maximum absolute atomic E-state index is 15.1. The first-order valence-corrected chi connectivity index (χ1v) is 10.6. The van der Waals surface area contributed by atoms with Crippen molar-refractivity contribution in [2.75, 3.05) is 0 Å². The van der Waals surface area contributed by atoms with E-state index in [1.807, 2.05) is 0 Å². The van der Waals surface area contributed by atoms with Crippen LogP contribution < -0.4 is 10.5 Å². The van der Waals surface area contributed by atoms with E-state index in [0.717, 1.165) is 5.56 Å². The van der Waals surface area contributed by atoms with Crippen LogP contribution >= 0.6 is 0 Å². The van der Waals surface area contributed by atoms with Gasteiger partial charge in [-0.1, -0.05) is 30.3 Å². The van der Waals surface area contributed by atoms with Crippen LogP contribution in [-0.2, 0) is 30.5 Å². The van der Waals surface area contributed by atoms with E-state index in [4.69, 9.17) is 20.0 Å². The molecule has 0 unspecified atom stereocenters. The van der Waals surface area contributed by atoms with Gasteiger partial charge in [-0.15, -0.1) is 0 Å². The van der Waals surface area contributed by atoms with Gasteiger partial charge < -0.3 is 20.0 Å². The van der Waals surface area contributed by atoms with Crippen molar-refractivity contribution in [3.05, 3.63) is 88.4 Å². The van der Waals surface area contributed by atoms with Crippen molar-refractivity contribution in [3.8, 4) is 16.9 Å². The Morgan fingerprint density at radius 3 is 2.54 bits per heavy atom. The lowest BCUT2D eigenvalue weighted by Gasteiger charge is -2.14. The maximum atomic E-state index is 15.1. The number of aliphatic carboxylic acids is 1. The van der Waals surface area contributed by atoms with Crippen molar-refractivity contribution in [1.29, 1.82) is 0 Å². The summed E-state index contributed by atoms with van der Waals surface area (Å²) >= 11 is 0. The zero-order chi connectivity index (χ0) is 25.3. The first kappa shape index (κ1) is 24.3. The van der Waals surface area contributed by atoms with E-state index < -0.39 is 23.5 Å². The summed E-state index contributed by atoms with van der Waals surface area (Å²) in [6.45, 7) is 1.53. The van der Waals surface area contributed by atoms with Crippen LogP contribution in [0, 0.1) is 12.7 Å². The molecule has 1 aromatic heterocycles. The minimum absolute atomic E-state index is 0.0463. The van der Waals surface area contributed by atoms with Gasteiger partial charge in [0, 0.05) is 34.2 Å². The molecule has 0 saturated heterocycles. The summed E-state index contributed by atoms with van der Waals surface area (Å²) in [5.41, 5.74) is 6.43. The predicted octanol–water partition coefficient (Wildman–Crippen LogP) is 6.23. The number of carboxylic acids is 1. The fourth-order valence-corrected chi connectivity index (χ4v) is 3.91. The number of alkyl halides is 3. The second-order valence-corrected chi connectivity index (χ2v) is 8.12. The number of carboxylic acid groups (broad SMARTS) is 1. The zero-order valence-corrected chi connectivity index (χ0v) is 18.6. The Kier molecular flexibility index (Phi) is 6.53. The first-order valence-electron chi connectivity index (χ1n) is 10.6. The SMILES string of the molecule is Cc1ccc(CC(=O)O)c(OCc2cc(-c3cccc(CN)c3F)c3occ(C(F)(F)F)c3c2)c1. The van der Waals surface area contributed by atoms with Crippen LogP contribution in [-0.4, -0.2) is 11.1 Å². The molecule has 1 heterocycles. The number of nitrogens with two attached hydrogens (primary N) is 1. The number of benzene rings is 3. The molecule has 0 saturated carbocycles. The predicted molar refractivity (Wildman–Crippen MR) is 121 cm³/mol. The molecule has 3 N–H and O–H groups in total. The van der Waals surface area contributed by atoms with Crippen molar-refractivity contribution in [3.63, 3.8) is 0 Å². The molecule has 0 aliphatic heterocycles. The topological polar surface area (TPSA) is 85.7 Å². The average Bonchev–Trinajstić information content (AvgIpc) is 3.23. The van der Waals surface area contributed by atoms with E-state index in [1.54, 1.807) is 31.2 Å². The van der Waals surface area contributed by atoms with Gasteiger partial charge in [0.05, 0.1) is 6.42 Å². The fraction of sp³-hybridized carbons (Fsp3) is 0.192. The number of aryl methyl sites for hydroxylation is 1. The highest BCUT2D eigenvalue weighted by molar-refractivity contribution is 5.95. The van der Waals surface area contributed by atoms with Crippen LogP contribution in [0.1, 0.15) is 27.8 Å². The van der Waals surface area contributed by atoms with Gasteiger partial charge in [0.25, 0.3) is 0 Å². The van der Waals surface area contributed by atoms with Gasteiger partial charge in [0.15, 0.2) is 0 Å². The second kappa shape index (κ2) is 9.42. The summed E-state index contributed by atoms with van der Waals surface area (Å²) in [6.07, 6.45) is -4.36. The molecule has 0 spiro atoms. The molecule has 0 radical (unpaired) electrons. The molecule has 0 amide bonds. The van der Waals surface area contributed by atoms with Gasteiger partial charge in [0.1, 0.15) is 35.6 Å². The molecular formula is C26H21F4NO4. The molecule has 0 aliphatic rings. The molecule has 4 aromatic rings. The molecule has 35 heavy (non-hydrogen) atoms. The zero-order valence-electron chi connectivity index (χ0n) is 18.6. The van der Waals surface area contributed by atoms with E-state index in [1.165, 1.54) is 24.3 Å². The van der Waals surface area contributed by atoms with Crippen molar-refractivity contribution < 1.29 is 36.6 Å². The summed E-state index contributed by atoms with van der Waals surface area (Å²) in [4.78, 5) is 11.2. The van der Waals surface area contributed by atoms with Crippen molar-refractivity contribution >= 4 is 16.9 Å². The quantitative estimate of drug-likeness (QED) is 0.302. The molecule has 9 heteroatoms. The van der Waals surface area contributed by atoms with Gasteiger partial charge in [0.2, 0.25) is 0 Å². The molecular weight excluding hydrogens is 466 g/mol. The number of furan rings is 1. The molecule has 0 fully saturated rings. The van der Waals surface area contributed by atoms with Gasteiger partial charge in [-0.25, -0.2) is 4.39 Å². The summed E-state index contributed by atoms with van der Waals surface area (Å²) < 4.78 is 67.1. The number of fused-ring (bicyclic) bond motifs is 1. The Hall–Kier alpha value is -3.85. The molecule has 4 rings (SSSR count). The third-order valence-electron chi connectivity index (χ3n) is 5.59. The monoisotopic (exact) mass is 487 g/mol. The van der Waals surface area contributed by atoms with Crippen LogP contribution in [0.25, 0.3) is 22.1 Å². The number of hydrogen-bond acceptors (Lipinski definition) is 4. The standard InChI is InChI=1S/C26H21F4NO4/c1-14-5-6-16(10-23(32)33)22(7-14)34-12-15-8-19(18-4-2-3-17(11-31)24(18)27)25-20(9-15)21(13-35-25)26(28,29)30/h2-9,13H,10-12,31H2,1H3,(H,32,33). The van der Waals surface area contributed by atoms with Crippen molar-refractivity contribution in [2.45, 2.75) is 32.7 Å². The Balaban J connectivity index is 1.83. The third kappa shape index (κ3) is 5.00. The minimum atomic E-state index is -4.69. The Morgan fingerprint density at radius 2 is 1.86 bits per heavy atom. The molecule has 3 aromatic carbocycles. The van der Waals surface area contributed by atoms with Crippen LogP contribution in [0.3, 0.4) is 0 Å². The molecule has 0 aliphatic carbocycles. The number of ether oxygens (including phenoxy) is 1. The molecule has 0 bridgehead atoms. The van der Waals surface area contributed by atoms with Crippen LogP contribution in [0.2, 0.25) is 0 Å². The third-order valence-corrected chi connectivity index (χ3v) is 5.59. The Bertz CT molecular complexity index is 1410. The lowest BCUT2D eigenvalue weighted by Crippen LogP contribution is -2.06. The summed E-state index contributed by atoms with van der Waals surface area (Å²) in [6, 6.07) is 12.3. The largest absolute Gasteiger partial charge is 0.489 e. The number of halogens is 4. The van der Waals surface area contributed by atoms with E-state index in [-0.39, 0.29) is 47.2 Å². The van der Waals surface area contributed by atoms with Gasteiger partial charge in [-0.3, -0.25) is 4.79 Å². The minimum Gasteiger partial charge on any atom is -0.489 e.